The molecule has 0 heterocycles. The third-order valence-corrected chi connectivity index (χ3v) is 4.10. The van der Waals surface area contributed by atoms with Crippen molar-refractivity contribution >= 4 is 17.8 Å². The van der Waals surface area contributed by atoms with Crippen LogP contribution < -0.4 is 5.73 Å². The van der Waals surface area contributed by atoms with Gasteiger partial charge in [0.25, 0.3) is 0 Å². The standard InChI is InChI=1S/C14H24N2O4/c1-4-9-5-10(11(6-9)14(19)20)13(18)16(8(2)3)7-12(15)17/h8-11H,4-7H2,1-3H3,(H2,15,17)(H,19,20)/t9?,10-,11+/m0/s1. The predicted molar refractivity (Wildman–Crippen MR) is 73.7 cm³/mol. The molecular weight excluding hydrogens is 260 g/mol. The molecule has 114 valence electrons. The Balaban J connectivity index is 2.91. The van der Waals surface area contributed by atoms with Crippen LogP contribution in [0.4, 0.5) is 0 Å². The minimum Gasteiger partial charge on any atom is -0.481 e. The monoisotopic (exact) mass is 284 g/mol. The molecule has 1 aliphatic carbocycles. The Hall–Kier alpha value is -1.59. The molecule has 1 saturated carbocycles. The van der Waals surface area contributed by atoms with E-state index in [2.05, 4.69) is 0 Å². The van der Waals surface area contributed by atoms with E-state index in [9.17, 15) is 19.5 Å². The number of hydrogen-bond acceptors (Lipinski definition) is 3. The van der Waals surface area contributed by atoms with Crippen LogP contribution in [0.5, 0.6) is 0 Å². The molecule has 0 saturated heterocycles. The van der Waals surface area contributed by atoms with E-state index in [0.717, 1.165) is 6.42 Å². The van der Waals surface area contributed by atoms with Gasteiger partial charge in [-0.1, -0.05) is 13.3 Å². The Labute approximate surface area is 119 Å². The van der Waals surface area contributed by atoms with Crippen LogP contribution in [0.3, 0.4) is 0 Å². The van der Waals surface area contributed by atoms with E-state index in [-0.39, 0.29) is 24.4 Å². The summed E-state index contributed by atoms with van der Waals surface area (Å²) < 4.78 is 0. The summed E-state index contributed by atoms with van der Waals surface area (Å²) in [5.41, 5.74) is 5.17. The summed E-state index contributed by atoms with van der Waals surface area (Å²) in [6.45, 7) is 5.43. The molecule has 0 radical (unpaired) electrons. The van der Waals surface area contributed by atoms with E-state index in [4.69, 9.17) is 5.73 Å². The molecule has 6 heteroatoms. The fourth-order valence-electron chi connectivity index (χ4n) is 2.92. The molecule has 6 nitrogen and oxygen atoms in total. The molecule has 20 heavy (non-hydrogen) atoms. The van der Waals surface area contributed by atoms with Crippen molar-refractivity contribution in [3.05, 3.63) is 0 Å². The van der Waals surface area contributed by atoms with Gasteiger partial charge in [0.15, 0.2) is 0 Å². The van der Waals surface area contributed by atoms with Crippen molar-refractivity contribution in [3.63, 3.8) is 0 Å². The van der Waals surface area contributed by atoms with Crippen molar-refractivity contribution in [1.82, 2.24) is 4.90 Å². The second kappa shape index (κ2) is 6.72. The number of hydrogen-bond donors (Lipinski definition) is 2. The van der Waals surface area contributed by atoms with Crippen molar-refractivity contribution in [2.45, 2.75) is 46.1 Å². The predicted octanol–water partition coefficient (Wildman–Crippen LogP) is 0.846. The van der Waals surface area contributed by atoms with Crippen LogP contribution in [0.15, 0.2) is 0 Å². The first kappa shape index (κ1) is 16.5. The number of carboxylic acid groups (broad SMARTS) is 1. The SMILES string of the molecule is CCC1C[C@H](C(=O)N(CC(N)=O)C(C)C)[C@H](C(=O)O)C1. The molecule has 0 spiro atoms. The summed E-state index contributed by atoms with van der Waals surface area (Å²) >= 11 is 0. The van der Waals surface area contributed by atoms with Crippen molar-refractivity contribution in [3.8, 4) is 0 Å². The lowest BCUT2D eigenvalue weighted by atomic mass is 9.94. The topological polar surface area (TPSA) is 101 Å². The Bertz CT molecular complexity index is 395. The second-order valence-corrected chi connectivity index (χ2v) is 5.82. The molecule has 1 fully saturated rings. The van der Waals surface area contributed by atoms with Crippen LogP contribution in [-0.4, -0.2) is 40.4 Å². The lowest BCUT2D eigenvalue weighted by Crippen LogP contribution is -2.47. The van der Waals surface area contributed by atoms with Crippen molar-refractivity contribution in [1.29, 1.82) is 0 Å². The van der Waals surface area contributed by atoms with Crippen LogP contribution in [0.25, 0.3) is 0 Å². The van der Waals surface area contributed by atoms with Crippen LogP contribution in [0.1, 0.15) is 40.0 Å². The maximum absolute atomic E-state index is 12.6. The third-order valence-electron chi connectivity index (χ3n) is 4.10. The number of nitrogens with zero attached hydrogens (tertiary/aromatic N) is 1. The number of primary amides is 1. The lowest BCUT2D eigenvalue weighted by Gasteiger charge is -2.29. The zero-order valence-corrected chi connectivity index (χ0v) is 12.3. The van der Waals surface area contributed by atoms with E-state index in [0.29, 0.717) is 12.8 Å². The Morgan fingerprint density at radius 1 is 1.25 bits per heavy atom. The van der Waals surface area contributed by atoms with Gasteiger partial charge in [0, 0.05) is 6.04 Å². The van der Waals surface area contributed by atoms with E-state index < -0.39 is 23.7 Å². The summed E-state index contributed by atoms with van der Waals surface area (Å²) in [4.78, 5) is 36.4. The van der Waals surface area contributed by atoms with Gasteiger partial charge < -0.3 is 15.7 Å². The molecule has 0 aromatic carbocycles. The second-order valence-electron chi connectivity index (χ2n) is 5.82. The van der Waals surface area contributed by atoms with Gasteiger partial charge in [0.2, 0.25) is 11.8 Å². The minimum atomic E-state index is -0.929. The first-order chi connectivity index (χ1) is 9.27. The van der Waals surface area contributed by atoms with Crippen LogP contribution in [0.2, 0.25) is 0 Å². The molecule has 1 aliphatic rings. The van der Waals surface area contributed by atoms with E-state index >= 15 is 0 Å². The highest BCUT2D eigenvalue weighted by atomic mass is 16.4. The smallest absolute Gasteiger partial charge is 0.307 e. The number of carbonyl (C=O) groups excluding carboxylic acids is 2. The van der Waals surface area contributed by atoms with Crippen molar-refractivity contribution in [2.24, 2.45) is 23.5 Å². The number of rotatable bonds is 6. The lowest BCUT2D eigenvalue weighted by molar-refractivity contribution is -0.150. The van der Waals surface area contributed by atoms with E-state index in [1.54, 1.807) is 13.8 Å². The fourth-order valence-corrected chi connectivity index (χ4v) is 2.92. The Morgan fingerprint density at radius 3 is 2.20 bits per heavy atom. The average molecular weight is 284 g/mol. The van der Waals surface area contributed by atoms with Crippen LogP contribution in [0, 0.1) is 17.8 Å². The summed E-state index contributed by atoms with van der Waals surface area (Å²) in [6.07, 6.45) is 1.98. The maximum atomic E-state index is 12.6. The van der Waals surface area contributed by atoms with Gasteiger partial charge in [0.1, 0.15) is 0 Å². The van der Waals surface area contributed by atoms with Crippen LogP contribution in [-0.2, 0) is 14.4 Å². The summed E-state index contributed by atoms with van der Waals surface area (Å²) in [5, 5.41) is 9.29. The van der Waals surface area contributed by atoms with Gasteiger partial charge in [-0.2, -0.15) is 0 Å². The van der Waals surface area contributed by atoms with Crippen LogP contribution >= 0.6 is 0 Å². The average Bonchev–Trinajstić information content (AvgIpc) is 2.78. The van der Waals surface area contributed by atoms with Crippen molar-refractivity contribution in [2.75, 3.05) is 6.54 Å². The molecule has 2 amide bonds. The summed E-state index contributed by atoms with van der Waals surface area (Å²) in [7, 11) is 0. The highest BCUT2D eigenvalue weighted by Gasteiger charge is 2.44. The summed E-state index contributed by atoms with van der Waals surface area (Å²) in [6, 6.07) is -0.176. The zero-order valence-electron chi connectivity index (χ0n) is 12.3. The number of nitrogens with two attached hydrogens (primary N) is 1. The molecule has 0 aromatic rings. The van der Waals surface area contributed by atoms with Gasteiger partial charge in [-0.3, -0.25) is 14.4 Å². The van der Waals surface area contributed by atoms with Gasteiger partial charge in [-0.25, -0.2) is 0 Å². The van der Waals surface area contributed by atoms with Crippen molar-refractivity contribution < 1.29 is 19.5 Å². The van der Waals surface area contributed by atoms with Gasteiger partial charge in [-0.05, 0) is 32.6 Å². The molecule has 1 rings (SSSR count). The minimum absolute atomic E-state index is 0.157. The molecule has 3 N–H and O–H groups in total. The Morgan fingerprint density at radius 2 is 1.80 bits per heavy atom. The molecule has 1 unspecified atom stereocenters. The Kier molecular flexibility index (Phi) is 5.53. The maximum Gasteiger partial charge on any atom is 0.307 e. The van der Waals surface area contributed by atoms with Gasteiger partial charge in [-0.15, -0.1) is 0 Å². The zero-order chi connectivity index (χ0) is 15.4. The molecule has 0 aromatic heterocycles. The number of carbonyl (C=O) groups is 3. The summed E-state index contributed by atoms with van der Waals surface area (Å²) in [5.74, 6) is -2.71. The van der Waals surface area contributed by atoms with E-state index in [1.807, 2.05) is 6.92 Å². The molecule has 3 atom stereocenters. The number of amides is 2. The first-order valence-electron chi connectivity index (χ1n) is 7.09. The largest absolute Gasteiger partial charge is 0.481 e. The third kappa shape index (κ3) is 3.71. The number of aliphatic carboxylic acids is 1. The highest BCUT2D eigenvalue weighted by molar-refractivity contribution is 5.88. The number of carboxylic acids is 1. The molecule has 0 bridgehead atoms. The fraction of sp³-hybridized carbons (Fsp3) is 0.786. The molecule has 0 aliphatic heterocycles. The van der Waals surface area contributed by atoms with Gasteiger partial charge in [0.05, 0.1) is 18.4 Å². The van der Waals surface area contributed by atoms with E-state index in [1.165, 1.54) is 4.90 Å². The first-order valence-corrected chi connectivity index (χ1v) is 7.09. The highest BCUT2D eigenvalue weighted by Crippen LogP contribution is 2.39. The normalized spacial score (nSPS) is 25.7. The molecular formula is C14H24N2O4. The quantitative estimate of drug-likeness (QED) is 0.755. The van der Waals surface area contributed by atoms with Gasteiger partial charge >= 0.3 is 5.97 Å².